The number of carbonyl (C=O) groups excluding carboxylic acids is 2. The van der Waals surface area contributed by atoms with E-state index >= 15 is 0 Å². The summed E-state index contributed by atoms with van der Waals surface area (Å²) in [6, 6.07) is 18.3. The molecule has 1 aromatic heterocycles. The minimum absolute atomic E-state index is 0.0366. The lowest BCUT2D eigenvalue weighted by Gasteiger charge is -2.23. The number of carbonyl (C=O) groups is 2. The van der Waals surface area contributed by atoms with Crippen molar-refractivity contribution in [1.29, 1.82) is 0 Å². The molecule has 0 aliphatic carbocycles. The zero-order valence-electron chi connectivity index (χ0n) is 18.4. The van der Waals surface area contributed by atoms with Crippen molar-refractivity contribution < 1.29 is 14.3 Å². The van der Waals surface area contributed by atoms with Crippen LogP contribution < -0.4 is 5.32 Å². The van der Waals surface area contributed by atoms with Gasteiger partial charge >= 0.3 is 0 Å². The molecule has 4 heterocycles. The van der Waals surface area contributed by atoms with Crippen molar-refractivity contribution in [3.05, 3.63) is 84.1 Å². The normalized spacial score (nSPS) is 27.5. The molecule has 3 aliphatic heterocycles. The fourth-order valence-corrected chi connectivity index (χ4v) is 5.75. The van der Waals surface area contributed by atoms with Crippen molar-refractivity contribution in [2.75, 3.05) is 19.6 Å². The first-order chi connectivity index (χ1) is 16.1. The number of hydrogen-bond donors (Lipinski definition) is 2. The summed E-state index contributed by atoms with van der Waals surface area (Å²) < 4.78 is 6.24. The molecule has 33 heavy (non-hydrogen) atoms. The first-order valence-corrected chi connectivity index (χ1v) is 11.7. The lowest BCUT2D eigenvalue weighted by Crippen LogP contribution is -2.44. The monoisotopic (exact) mass is 441 g/mol. The Balaban J connectivity index is 1.11. The molecule has 6 heteroatoms. The number of nitrogens with zero attached hydrogens (tertiary/aromatic N) is 1. The molecule has 2 fully saturated rings. The number of aromatic nitrogens is 1. The van der Waals surface area contributed by atoms with Crippen LogP contribution in [0.1, 0.15) is 11.1 Å². The van der Waals surface area contributed by atoms with E-state index in [2.05, 4.69) is 28.5 Å². The van der Waals surface area contributed by atoms with Crippen LogP contribution in [0.25, 0.3) is 10.9 Å². The highest BCUT2D eigenvalue weighted by molar-refractivity contribution is 5.93. The fourth-order valence-electron chi connectivity index (χ4n) is 5.75. The molecular formula is C27H27N3O3. The van der Waals surface area contributed by atoms with Crippen molar-refractivity contribution in [2.24, 2.45) is 11.8 Å². The number of benzene rings is 2. The van der Waals surface area contributed by atoms with Gasteiger partial charge in [-0.2, -0.15) is 0 Å². The third-order valence-electron chi connectivity index (χ3n) is 7.36. The molecule has 3 aliphatic rings. The van der Waals surface area contributed by atoms with E-state index in [1.165, 1.54) is 16.5 Å². The maximum atomic E-state index is 13.3. The van der Waals surface area contributed by atoms with Gasteiger partial charge in [-0.25, -0.2) is 0 Å². The third-order valence-corrected chi connectivity index (χ3v) is 7.36. The summed E-state index contributed by atoms with van der Waals surface area (Å²) in [5, 5.41) is 4.26. The van der Waals surface area contributed by atoms with Gasteiger partial charge in [0.15, 0.2) is 0 Å². The van der Waals surface area contributed by atoms with E-state index in [0.29, 0.717) is 19.6 Å². The standard InChI is InChI=1S/C27H27N3O3/c31-25(28-14-11-19-16-29-21-9-5-4-8-20(19)21)23-22-10-13-27(33-22)17-30(26(32)24(23)27)15-12-18-6-2-1-3-7-18/h1-10,13,16,22-24,29H,11-12,14-15,17H2,(H,28,31)/t22-,23?,24+,27-/m1/s1. The van der Waals surface area contributed by atoms with Gasteiger partial charge in [-0.3, -0.25) is 9.59 Å². The Morgan fingerprint density at radius 2 is 1.94 bits per heavy atom. The van der Waals surface area contributed by atoms with Crippen LogP contribution in [0, 0.1) is 11.8 Å². The molecule has 0 radical (unpaired) electrons. The van der Waals surface area contributed by atoms with Crippen LogP contribution in [0.15, 0.2) is 72.9 Å². The third kappa shape index (κ3) is 3.37. The number of hydrogen-bond acceptors (Lipinski definition) is 3. The maximum Gasteiger partial charge on any atom is 0.230 e. The van der Waals surface area contributed by atoms with Crippen LogP contribution in [0.4, 0.5) is 0 Å². The van der Waals surface area contributed by atoms with Gasteiger partial charge in [0, 0.05) is 30.2 Å². The molecular weight excluding hydrogens is 414 g/mol. The maximum absolute atomic E-state index is 13.3. The number of aromatic amines is 1. The van der Waals surface area contributed by atoms with Crippen molar-refractivity contribution in [1.82, 2.24) is 15.2 Å². The highest BCUT2D eigenvalue weighted by atomic mass is 16.5. The first-order valence-electron chi connectivity index (χ1n) is 11.7. The second-order valence-corrected chi connectivity index (χ2v) is 9.30. The van der Waals surface area contributed by atoms with Gasteiger partial charge in [0.05, 0.1) is 24.5 Å². The second kappa shape index (κ2) is 7.89. The highest BCUT2D eigenvalue weighted by Crippen LogP contribution is 2.51. The number of H-pyrrole nitrogens is 1. The molecule has 4 atom stereocenters. The summed E-state index contributed by atoms with van der Waals surface area (Å²) in [4.78, 5) is 31.7. The van der Waals surface area contributed by atoms with Crippen LogP contribution in [0.3, 0.4) is 0 Å². The average Bonchev–Trinajstić information content (AvgIpc) is 3.58. The van der Waals surface area contributed by atoms with E-state index in [1.54, 1.807) is 0 Å². The Labute approximate surface area is 192 Å². The minimum atomic E-state index is -0.655. The highest BCUT2D eigenvalue weighted by Gasteiger charge is 2.66. The Bertz CT molecular complexity index is 1230. The second-order valence-electron chi connectivity index (χ2n) is 9.30. The summed E-state index contributed by atoms with van der Waals surface area (Å²) in [5.41, 5.74) is 2.82. The Kier molecular flexibility index (Phi) is 4.84. The fraction of sp³-hybridized carbons (Fsp3) is 0.333. The van der Waals surface area contributed by atoms with Crippen LogP contribution in [-0.2, 0) is 27.2 Å². The largest absolute Gasteiger partial charge is 0.361 e. The number of amides is 2. The minimum Gasteiger partial charge on any atom is -0.361 e. The topological polar surface area (TPSA) is 74.4 Å². The van der Waals surface area contributed by atoms with Gasteiger partial charge in [-0.15, -0.1) is 0 Å². The van der Waals surface area contributed by atoms with Gasteiger partial charge in [0.1, 0.15) is 5.60 Å². The lowest BCUT2D eigenvalue weighted by molar-refractivity contribution is -0.137. The summed E-state index contributed by atoms with van der Waals surface area (Å²) in [6.45, 7) is 1.69. The molecule has 2 aromatic carbocycles. The zero-order chi connectivity index (χ0) is 22.4. The smallest absolute Gasteiger partial charge is 0.230 e. The number of fused-ring (bicyclic) bond motifs is 2. The molecule has 1 unspecified atom stereocenters. The van der Waals surface area contributed by atoms with E-state index < -0.39 is 17.4 Å². The van der Waals surface area contributed by atoms with Crippen LogP contribution in [0.5, 0.6) is 0 Å². The van der Waals surface area contributed by atoms with Crippen molar-refractivity contribution in [2.45, 2.75) is 24.5 Å². The quantitative estimate of drug-likeness (QED) is 0.554. The predicted octanol–water partition coefficient (Wildman–Crippen LogP) is 2.85. The van der Waals surface area contributed by atoms with Gasteiger partial charge in [0.25, 0.3) is 0 Å². The first kappa shape index (κ1) is 20.2. The SMILES string of the molecule is O=C(NCCc1c[nH]c2ccccc12)C1[C@H]2C(=O)N(CCc3ccccc3)C[C@]23C=C[C@H]1O3. The van der Waals surface area contributed by atoms with E-state index in [9.17, 15) is 9.59 Å². The molecule has 0 saturated carbocycles. The van der Waals surface area contributed by atoms with Crippen molar-refractivity contribution in [3.8, 4) is 0 Å². The Morgan fingerprint density at radius 1 is 1.12 bits per heavy atom. The molecule has 6 rings (SSSR count). The lowest BCUT2D eigenvalue weighted by atomic mass is 9.77. The van der Waals surface area contributed by atoms with Gasteiger partial charge in [-0.1, -0.05) is 60.7 Å². The van der Waals surface area contributed by atoms with Crippen LogP contribution in [-0.4, -0.2) is 53.0 Å². The number of rotatable bonds is 7. The molecule has 6 nitrogen and oxygen atoms in total. The number of para-hydroxylation sites is 1. The summed E-state index contributed by atoms with van der Waals surface area (Å²) in [5.74, 6) is -0.951. The molecule has 1 spiro atoms. The van der Waals surface area contributed by atoms with E-state index in [1.807, 2.05) is 59.6 Å². The molecule has 2 N–H and O–H groups in total. The van der Waals surface area contributed by atoms with Crippen molar-refractivity contribution >= 4 is 22.7 Å². The zero-order valence-corrected chi connectivity index (χ0v) is 18.4. The predicted molar refractivity (Wildman–Crippen MR) is 125 cm³/mol. The van der Waals surface area contributed by atoms with E-state index in [4.69, 9.17) is 4.74 Å². The van der Waals surface area contributed by atoms with Gasteiger partial charge < -0.3 is 19.9 Å². The van der Waals surface area contributed by atoms with Gasteiger partial charge in [-0.05, 0) is 30.0 Å². The average molecular weight is 442 g/mol. The van der Waals surface area contributed by atoms with E-state index in [0.717, 1.165) is 18.4 Å². The van der Waals surface area contributed by atoms with Crippen molar-refractivity contribution in [3.63, 3.8) is 0 Å². The van der Waals surface area contributed by atoms with Gasteiger partial charge in [0.2, 0.25) is 11.8 Å². The molecule has 3 aromatic rings. The Morgan fingerprint density at radius 3 is 2.82 bits per heavy atom. The van der Waals surface area contributed by atoms with E-state index in [-0.39, 0.29) is 17.9 Å². The molecule has 2 bridgehead atoms. The molecule has 2 saturated heterocycles. The Hall–Kier alpha value is -3.38. The number of likely N-dealkylation sites (tertiary alicyclic amines) is 1. The summed E-state index contributed by atoms with van der Waals surface area (Å²) >= 11 is 0. The number of ether oxygens (including phenoxy) is 1. The van der Waals surface area contributed by atoms with Crippen LogP contribution in [0.2, 0.25) is 0 Å². The van der Waals surface area contributed by atoms with Crippen LogP contribution >= 0.6 is 0 Å². The number of nitrogens with one attached hydrogen (secondary N) is 2. The molecule has 168 valence electrons. The molecule has 2 amide bonds. The summed E-state index contributed by atoms with van der Waals surface area (Å²) in [6.07, 6.45) is 7.19. The summed E-state index contributed by atoms with van der Waals surface area (Å²) in [7, 11) is 0.